The molecule has 1 amide bonds. The summed E-state index contributed by atoms with van der Waals surface area (Å²) in [6, 6.07) is 0.339. The minimum atomic E-state index is -2.69. The molecule has 0 saturated heterocycles. The third-order valence-electron chi connectivity index (χ3n) is 7.05. The summed E-state index contributed by atoms with van der Waals surface area (Å²) in [6.07, 6.45) is 0.0454. The van der Waals surface area contributed by atoms with Crippen molar-refractivity contribution >= 4 is 51.6 Å². The SMILES string of the molecule is CC(=O)c1cc(I)c(O)c2c1C[C@H]1C[C@H]3[C@H](N(C)C)C(=O)C(C(N)=O)=C(O)[C@@]3(O)C(=O)C1=C2O. The van der Waals surface area contributed by atoms with Crippen molar-refractivity contribution in [2.75, 3.05) is 14.1 Å². The Balaban J connectivity index is 2.02. The molecule has 4 atom stereocenters. The van der Waals surface area contributed by atoms with Gasteiger partial charge < -0.3 is 26.2 Å². The van der Waals surface area contributed by atoms with Crippen LogP contribution in [0.4, 0.5) is 0 Å². The molecule has 0 spiro atoms. The van der Waals surface area contributed by atoms with Crippen molar-refractivity contribution in [2.45, 2.75) is 31.4 Å². The highest BCUT2D eigenvalue weighted by Crippen LogP contribution is 2.53. The molecule has 0 heterocycles. The number of primary amides is 1. The lowest BCUT2D eigenvalue weighted by atomic mass is 9.57. The molecule has 0 unspecified atom stereocenters. The van der Waals surface area contributed by atoms with Crippen molar-refractivity contribution in [3.63, 3.8) is 0 Å². The first-order chi connectivity index (χ1) is 15.7. The topological polar surface area (TPSA) is 178 Å². The van der Waals surface area contributed by atoms with Gasteiger partial charge in [-0.3, -0.25) is 24.1 Å². The van der Waals surface area contributed by atoms with E-state index in [0.717, 1.165) is 0 Å². The lowest BCUT2D eigenvalue weighted by Crippen LogP contribution is -2.65. The van der Waals surface area contributed by atoms with Crippen LogP contribution in [0.3, 0.4) is 0 Å². The highest BCUT2D eigenvalue weighted by Gasteiger charge is 2.64. The van der Waals surface area contributed by atoms with Gasteiger partial charge >= 0.3 is 0 Å². The van der Waals surface area contributed by atoms with Gasteiger partial charge in [-0.15, -0.1) is 0 Å². The molecule has 0 radical (unpaired) electrons. The number of rotatable bonds is 3. The number of carbonyl (C=O) groups is 4. The molecule has 0 aromatic heterocycles. The monoisotopic (exact) mass is 582 g/mol. The number of ketones is 3. The molecule has 11 heteroatoms. The maximum absolute atomic E-state index is 13.7. The molecule has 34 heavy (non-hydrogen) atoms. The molecule has 0 bridgehead atoms. The van der Waals surface area contributed by atoms with Crippen molar-refractivity contribution in [3.05, 3.63) is 43.2 Å². The average molecular weight is 582 g/mol. The Bertz CT molecular complexity index is 1260. The number of aliphatic hydroxyl groups is 3. The predicted molar refractivity (Wildman–Crippen MR) is 127 cm³/mol. The van der Waals surface area contributed by atoms with Crippen LogP contribution in [-0.4, -0.2) is 74.3 Å². The Morgan fingerprint density at radius 2 is 1.82 bits per heavy atom. The number of carbonyl (C=O) groups excluding carboxylic acids is 4. The highest BCUT2D eigenvalue weighted by atomic mass is 127. The number of fused-ring (bicyclic) bond motifs is 3. The number of likely N-dealkylation sites (N-methyl/N-ethyl adjacent to an activating group) is 1. The Kier molecular flexibility index (Phi) is 5.65. The summed E-state index contributed by atoms with van der Waals surface area (Å²) in [5.74, 6) is -7.46. The quantitative estimate of drug-likeness (QED) is 0.196. The number of aromatic hydroxyl groups is 1. The van der Waals surface area contributed by atoms with Gasteiger partial charge in [0.1, 0.15) is 22.8 Å². The number of hydrogen-bond donors (Lipinski definition) is 5. The summed E-state index contributed by atoms with van der Waals surface area (Å²) in [4.78, 5) is 52.5. The largest absolute Gasteiger partial charge is 0.508 e. The van der Waals surface area contributed by atoms with E-state index in [1.54, 1.807) is 22.6 Å². The number of hydrogen-bond acceptors (Lipinski definition) is 9. The normalized spacial score (nSPS) is 28.6. The molecular weight excluding hydrogens is 559 g/mol. The zero-order valence-electron chi connectivity index (χ0n) is 18.5. The summed E-state index contributed by atoms with van der Waals surface area (Å²) in [5, 5.41) is 44.1. The third-order valence-corrected chi connectivity index (χ3v) is 7.88. The molecule has 4 rings (SSSR count). The Morgan fingerprint density at radius 1 is 1.21 bits per heavy atom. The number of nitrogens with zero attached hydrogens (tertiary/aromatic N) is 1. The summed E-state index contributed by atoms with van der Waals surface area (Å²) in [6.45, 7) is 1.35. The lowest BCUT2D eigenvalue weighted by Gasteiger charge is -2.50. The van der Waals surface area contributed by atoms with E-state index in [-0.39, 0.29) is 44.6 Å². The first kappa shape index (κ1) is 24.4. The average Bonchev–Trinajstić information content (AvgIpc) is 2.72. The van der Waals surface area contributed by atoms with Crippen LogP contribution >= 0.6 is 22.6 Å². The third kappa shape index (κ3) is 3.06. The second kappa shape index (κ2) is 7.89. The van der Waals surface area contributed by atoms with Crippen molar-refractivity contribution in [1.29, 1.82) is 0 Å². The fourth-order valence-corrected chi connectivity index (χ4v) is 6.17. The summed E-state index contributed by atoms with van der Waals surface area (Å²) >= 11 is 1.80. The van der Waals surface area contributed by atoms with E-state index in [9.17, 15) is 39.6 Å². The summed E-state index contributed by atoms with van der Waals surface area (Å²) in [7, 11) is 3.06. The number of halogens is 1. The molecule has 1 saturated carbocycles. The van der Waals surface area contributed by atoms with Crippen LogP contribution in [0.2, 0.25) is 0 Å². The Labute approximate surface area is 207 Å². The smallest absolute Gasteiger partial charge is 0.255 e. The van der Waals surface area contributed by atoms with Crippen LogP contribution in [0, 0.1) is 15.4 Å². The maximum atomic E-state index is 13.7. The number of Topliss-reactive ketones (excluding diaryl/α,β-unsaturated/α-hetero) is 3. The van der Waals surface area contributed by atoms with E-state index >= 15 is 0 Å². The molecule has 180 valence electrons. The van der Waals surface area contributed by atoms with E-state index in [0.29, 0.717) is 5.56 Å². The number of nitrogens with two attached hydrogens (primary N) is 1. The Morgan fingerprint density at radius 3 is 2.35 bits per heavy atom. The number of aliphatic hydroxyl groups excluding tert-OH is 2. The van der Waals surface area contributed by atoms with Gasteiger partial charge in [0, 0.05) is 17.1 Å². The summed E-state index contributed by atoms with van der Waals surface area (Å²) < 4.78 is 0.279. The van der Waals surface area contributed by atoms with Gasteiger partial charge in [0.05, 0.1) is 15.2 Å². The zero-order valence-corrected chi connectivity index (χ0v) is 20.7. The molecule has 0 aliphatic heterocycles. The molecule has 3 aliphatic rings. The van der Waals surface area contributed by atoms with Gasteiger partial charge in [-0.05, 0) is 74.0 Å². The van der Waals surface area contributed by atoms with E-state index < -0.39 is 58.0 Å². The Hall–Kier alpha value is -2.77. The van der Waals surface area contributed by atoms with Crippen LogP contribution in [0.25, 0.3) is 5.76 Å². The second-order valence-corrected chi connectivity index (χ2v) is 10.3. The van der Waals surface area contributed by atoms with Crippen LogP contribution in [-0.2, 0) is 20.8 Å². The number of phenolic OH excluding ortho intramolecular Hbond substituents is 1. The van der Waals surface area contributed by atoms with Gasteiger partial charge in [0.15, 0.2) is 17.2 Å². The van der Waals surface area contributed by atoms with Crippen LogP contribution in [0.5, 0.6) is 5.75 Å². The molecular formula is C23H23IN2O8. The maximum Gasteiger partial charge on any atom is 0.255 e. The molecule has 1 fully saturated rings. The van der Waals surface area contributed by atoms with E-state index in [1.165, 1.54) is 32.0 Å². The number of phenols is 1. The fourth-order valence-electron chi connectivity index (χ4n) is 5.59. The van der Waals surface area contributed by atoms with Gasteiger partial charge in [-0.2, -0.15) is 0 Å². The molecule has 1 aromatic carbocycles. The van der Waals surface area contributed by atoms with Crippen molar-refractivity contribution in [1.82, 2.24) is 4.90 Å². The van der Waals surface area contributed by atoms with Gasteiger partial charge in [0.2, 0.25) is 5.78 Å². The van der Waals surface area contributed by atoms with E-state index in [1.807, 2.05) is 0 Å². The standard InChI is InChI=1S/C23H23IN2O8/c1-7(27)9-6-12(24)17(28)14-10(9)4-8-5-11-16(26(2)3)19(30)15(22(25)33)21(32)23(11,34)20(31)13(8)18(14)29/h6,8,11,16,28-29,32,34H,4-5H2,1-3H3,(H2,25,33)/t8-,11-,16-,23-/m0/s1. The first-order valence-corrected chi connectivity index (χ1v) is 11.5. The van der Waals surface area contributed by atoms with Crippen molar-refractivity contribution in [2.24, 2.45) is 17.6 Å². The second-order valence-electron chi connectivity index (χ2n) is 9.13. The minimum Gasteiger partial charge on any atom is -0.508 e. The first-order valence-electron chi connectivity index (χ1n) is 10.4. The fraction of sp³-hybridized carbons (Fsp3) is 0.391. The number of amides is 1. The van der Waals surface area contributed by atoms with Gasteiger partial charge in [-0.1, -0.05) is 0 Å². The molecule has 1 aromatic rings. The highest BCUT2D eigenvalue weighted by molar-refractivity contribution is 14.1. The minimum absolute atomic E-state index is 0.0319. The van der Waals surface area contributed by atoms with E-state index in [4.69, 9.17) is 5.73 Å². The van der Waals surface area contributed by atoms with Crippen LogP contribution < -0.4 is 5.73 Å². The predicted octanol–water partition coefficient (Wildman–Crippen LogP) is 0.771. The van der Waals surface area contributed by atoms with Crippen molar-refractivity contribution in [3.8, 4) is 5.75 Å². The number of benzene rings is 1. The molecule has 10 nitrogen and oxygen atoms in total. The van der Waals surface area contributed by atoms with Crippen LogP contribution in [0.15, 0.2) is 23.0 Å². The van der Waals surface area contributed by atoms with Gasteiger partial charge in [-0.25, -0.2) is 0 Å². The lowest BCUT2D eigenvalue weighted by molar-refractivity contribution is -0.153. The van der Waals surface area contributed by atoms with Crippen LogP contribution in [0.1, 0.15) is 34.8 Å². The zero-order chi connectivity index (χ0) is 25.4. The molecule has 3 aliphatic carbocycles. The molecule has 6 N–H and O–H groups in total. The van der Waals surface area contributed by atoms with E-state index in [2.05, 4.69) is 0 Å². The van der Waals surface area contributed by atoms with Crippen molar-refractivity contribution < 1.29 is 39.6 Å². The summed E-state index contributed by atoms with van der Waals surface area (Å²) in [5.41, 5.74) is 2.04. The van der Waals surface area contributed by atoms with Gasteiger partial charge in [0.25, 0.3) is 5.91 Å².